The molecular formula is C17H22N2O4. The lowest BCUT2D eigenvalue weighted by Crippen LogP contribution is -2.61. The summed E-state index contributed by atoms with van der Waals surface area (Å²) in [5.41, 5.74) is 0.889. The van der Waals surface area contributed by atoms with E-state index in [9.17, 15) is 9.59 Å². The zero-order valence-electron chi connectivity index (χ0n) is 13.7. The number of piperazine rings is 1. The second kappa shape index (κ2) is 6.10. The number of methoxy groups -OCH3 is 2. The number of hydrogen-bond donors (Lipinski definition) is 0. The van der Waals surface area contributed by atoms with Gasteiger partial charge in [0.1, 0.15) is 23.6 Å². The lowest BCUT2D eigenvalue weighted by Gasteiger charge is -2.41. The van der Waals surface area contributed by atoms with E-state index in [4.69, 9.17) is 9.47 Å². The van der Waals surface area contributed by atoms with Crippen LogP contribution in [0.1, 0.15) is 25.3 Å². The maximum Gasteiger partial charge on any atom is 0.246 e. The van der Waals surface area contributed by atoms with Gasteiger partial charge < -0.3 is 19.3 Å². The zero-order valence-corrected chi connectivity index (χ0v) is 13.7. The molecule has 0 radical (unpaired) electrons. The Kier molecular flexibility index (Phi) is 4.15. The second-order valence-corrected chi connectivity index (χ2v) is 6.05. The number of hydrogen-bond acceptors (Lipinski definition) is 4. The number of rotatable bonds is 4. The van der Waals surface area contributed by atoms with Crippen LogP contribution in [-0.4, -0.2) is 54.5 Å². The molecule has 6 heteroatoms. The molecule has 1 aromatic carbocycles. The van der Waals surface area contributed by atoms with Crippen LogP contribution < -0.4 is 9.47 Å². The van der Waals surface area contributed by atoms with Gasteiger partial charge in [0, 0.05) is 19.2 Å². The van der Waals surface area contributed by atoms with E-state index in [-0.39, 0.29) is 17.9 Å². The van der Waals surface area contributed by atoms with Crippen LogP contribution in [0.5, 0.6) is 11.5 Å². The summed E-state index contributed by atoms with van der Waals surface area (Å²) in [5.74, 6) is 1.42. The first kappa shape index (κ1) is 15.6. The van der Waals surface area contributed by atoms with E-state index in [1.165, 1.54) is 0 Å². The number of ether oxygens (including phenoxy) is 2. The van der Waals surface area contributed by atoms with E-state index in [0.717, 1.165) is 18.4 Å². The molecule has 0 N–H and O–H groups in total. The van der Waals surface area contributed by atoms with Crippen molar-refractivity contribution >= 4 is 11.8 Å². The number of carbonyl (C=O) groups excluding carboxylic acids is 2. The molecule has 2 fully saturated rings. The Morgan fingerprint density at radius 1 is 1.09 bits per heavy atom. The van der Waals surface area contributed by atoms with Gasteiger partial charge in [-0.15, -0.1) is 0 Å². The molecule has 0 saturated carbocycles. The first-order valence-corrected chi connectivity index (χ1v) is 7.88. The predicted molar refractivity (Wildman–Crippen MR) is 84.3 cm³/mol. The van der Waals surface area contributed by atoms with Gasteiger partial charge in [0.2, 0.25) is 11.8 Å². The van der Waals surface area contributed by atoms with E-state index in [2.05, 4.69) is 0 Å². The molecule has 0 aliphatic carbocycles. The van der Waals surface area contributed by atoms with Crippen molar-refractivity contribution in [2.24, 2.45) is 0 Å². The quantitative estimate of drug-likeness (QED) is 0.842. The topological polar surface area (TPSA) is 59.1 Å². The highest BCUT2D eigenvalue weighted by molar-refractivity contribution is 5.97. The van der Waals surface area contributed by atoms with Gasteiger partial charge in [-0.3, -0.25) is 9.59 Å². The SMILES string of the molecule is COc1cc(CN2C(=O)[C@H]3CCCN3C(=O)[C@@H]2C)cc(OC)c1. The van der Waals surface area contributed by atoms with Gasteiger partial charge in [0.15, 0.2) is 0 Å². The van der Waals surface area contributed by atoms with Crippen LogP contribution in [0, 0.1) is 0 Å². The van der Waals surface area contributed by atoms with Crippen molar-refractivity contribution in [3.05, 3.63) is 23.8 Å². The monoisotopic (exact) mass is 318 g/mol. The standard InChI is InChI=1S/C17H22N2O4/c1-11-16(20)18-6-4-5-15(18)17(21)19(11)10-12-7-13(22-2)9-14(8-12)23-3/h7-9,11,15H,4-6,10H2,1-3H3/t11-,15+/m0/s1. The third-order valence-corrected chi connectivity index (χ3v) is 4.69. The molecule has 2 saturated heterocycles. The van der Waals surface area contributed by atoms with E-state index in [1.54, 1.807) is 37.0 Å². The van der Waals surface area contributed by atoms with Gasteiger partial charge >= 0.3 is 0 Å². The van der Waals surface area contributed by atoms with E-state index >= 15 is 0 Å². The van der Waals surface area contributed by atoms with Crippen LogP contribution in [0.3, 0.4) is 0 Å². The Hall–Kier alpha value is -2.24. The molecule has 124 valence electrons. The number of benzene rings is 1. The molecule has 3 rings (SSSR count). The first-order chi connectivity index (χ1) is 11.0. The van der Waals surface area contributed by atoms with Gasteiger partial charge in [0.05, 0.1) is 14.2 Å². The van der Waals surface area contributed by atoms with Crippen LogP contribution in [0.4, 0.5) is 0 Å². The third kappa shape index (κ3) is 2.73. The largest absolute Gasteiger partial charge is 0.497 e. The van der Waals surface area contributed by atoms with Crippen molar-refractivity contribution in [2.45, 2.75) is 38.4 Å². The highest BCUT2D eigenvalue weighted by Gasteiger charge is 2.45. The van der Waals surface area contributed by atoms with E-state index in [0.29, 0.717) is 24.6 Å². The Labute approximate surface area is 136 Å². The Bertz CT molecular complexity index is 609. The second-order valence-electron chi connectivity index (χ2n) is 6.05. The molecular weight excluding hydrogens is 296 g/mol. The molecule has 1 aromatic rings. The average Bonchev–Trinajstić information content (AvgIpc) is 3.06. The van der Waals surface area contributed by atoms with E-state index < -0.39 is 6.04 Å². The summed E-state index contributed by atoms with van der Waals surface area (Å²) in [4.78, 5) is 28.6. The molecule has 6 nitrogen and oxygen atoms in total. The summed E-state index contributed by atoms with van der Waals surface area (Å²) in [6, 6.07) is 4.80. The van der Waals surface area contributed by atoms with Crippen LogP contribution in [0.15, 0.2) is 18.2 Å². The number of nitrogens with zero attached hydrogens (tertiary/aromatic N) is 2. The highest BCUT2D eigenvalue weighted by atomic mass is 16.5. The van der Waals surface area contributed by atoms with Crippen molar-refractivity contribution in [2.75, 3.05) is 20.8 Å². The molecule has 2 atom stereocenters. The fraction of sp³-hybridized carbons (Fsp3) is 0.529. The summed E-state index contributed by atoms with van der Waals surface area (Å²) in [7, 11) is 3.18. The molecule has 23 heavy (non-hydrogen) atoms. The van der Waals surface area contributed by atoms with Crippen LogP contribution in [0.25, 0.3) is 0 Å². The minimum Gasteiger partial charge on any atom is -0.497 e. The normalized spacial score (nSPS) is 24.0. The molecule has 0 bridgehead atoms. The lowest BCUT2D eigenvalue weighted by molar-refractivity contribution is -0.159. The average molecular weight is 318 g/mol. The number of carbonyl (C=O) groups is 2. The molecule has 2 aliphatic rings. The molecule has 2 amide bonds. The number of amides is 2. The van der Waals surface area contributed by atoms with Crippen LogP contribution in [-0.2, 0) is 16.1 Å². The van der Waals surface area contributed by atoms with Gasteiger partial charge in [0.25, 0.3) is 0 Å². The molecule has 0 unspecified atom stereocenters. The fourth-order valence-corrected chi connectivity index (χ4v) is 3.41. The van der Waals surface area contributed by atoms with Crippen molar-refractivity contribution in [1.82, 2.24) is 9.80 Å². The summed E-state index contributed by atoms with van der Waals surface area (Å²) in [5, 5.41) is 0. The fourth-order valence-electron chi connectivity index (χ4n) is 3.41. The highest BCUT2D eigenvalue weighted by Crippen LogP contribution is 2.29. The van der Waals surface area contributed by atoms with Gasteiger partial charge in [-0.25, -0.2) is 0 Å². The van der Waals surface area contributed by atoms with Crippen LogP contribution in [0.2, 0.25) is 0 Å². The Morgan fingerprint density at radius 2 is 1.74 bits per heavy atom. The van der Waals surface area contributed by atoms with Gasteiger partial charge in [-0.1, -0.05) is 0 Å². The zero-order chi connectivity index (χ0) is 16.6. The third-order valence-electron chi connectivity index (χ3n) is 4.69. The van der Waals surface area contributed by atoms with Crippen molar-refractivity contribution in [1.29, 1.82) is 0 Å². The maximum atomic E-state index is 12.7. The maximum absolute atomic E-state index is 12.7. The summed E-state index contributed by atoms with van der Waals surface area (Å²) in [6.07, 6.45) is 1.66. The van der Waals surface area contributed by atoms with Gasteiger partial charge in [-0.05, 0) is 37.5 Å². The summed E-state index contributed by atoms with van der Waals surface area (Å²) in [6.45, 7) is 2.87. The number of fused-ring (bicyclic) bond motifs is 1. The van der Waals surface area contributed by atoms with Crippen molar-refractivity contribution < 1.29 is 19.1 Å². The summed E-state index contributed by atoms with van der Waals surface area (Å²) >= 11 is 0. The summed E-state index contributed by atoms with van der Waals surface area (Å²) < 4.78 is 10.5. The van der Waals surface area contributed by atoms with Crippen molar-refractivity contribution in [3.63, 3.8) is 0 Å². The first-order valence-electron chi connectivity index (χ1n) is 7.88. The molecule has 2 heterocycles. The lowest BCUT2D eigenvalue weighted by atomic mass is 10.0. The molecule has 0 spiro atoms. The smallest absolute Gasteiger partial charge is 0.246 e. The Morgan fingerprint density at radius 3 is 2.35 bits per heavy atom. The predicted octanol–water partition coefficient (Wildman–Crippen LogP) is 1.43. The van der Waals surface area contributed by atoms with Crippen molar-refractivity contribution in [3.8, 4) is 11.5 Å². The molecule has 0 aromatic heterocycles. The van der Waals surface area contributed by atoms with Crippen LogP contribution >= 0.6 is 0 Å². The minimum absolute atomic E-state index is 0.0383. The molecule has 2 aliphatic heterocycles. The Balaban J connectivity index is 1.86. The minimum atomic E-state index is -0.436. The van der Waals surface area contributed by atoms with Gasteiger partial charge in [-0.2, -0.15) is 0 Å². The van der Waals surface area contributed by atoms with E-state index in [1.807, 2.05) is 12.1 Å².